The van der Waals surface area contributed by atoms with Crippen molar-refractivity contribution in [3.8, 4) is 11.5 Å². The van der Waals surface area contributed by atoms with Gasteiger partial charge in [0.05, 0.1) is 74.7 Å². The Morgan fingerprint density at radius 2 is 0.868 bits per heavy atom. The fourth-order valence-electron chi connectivity index (χ4n) is 8.41. The van der Waals surface area contributed by atoms with Crippen molar-refractivity contribution in [2.45, 2.75) is 59.1 Å². The molecular weight excluding hydrogens is 1110 g/mol. The number of hydrogen-bond donors (Lipinski definition) is 6. The number of carbonyl (C=O) groups is 2. The van der Waals surface area contributed by atoms with Crippen LogP contribution in [0, 0.1) is 0 Å². The van der Waals surface area contributed by atoms with E-state index in [9.17, 15) is 36.6 Å². The molecule has 0 saturated heterocycles. The molecule has 26 heteroatoms. The summed E-state index contributed by atoms with van der Waals surface area (Å²) in [7, 11) is 0.121. The van der Waals surface area contributed by atoms with Crippen LogP contribution >= 0.6 is 46.4 Å². The summed E-state index contributed by atoms with van der Waals surface area (Å²) in [4.78, 5) is 28.8. The topological polar surface area (TPSA) is 253 Å². The zero-order chi connectivity index (χ0) is 55.2. The van der Waals surface area contributed by atoms with Crippen LogP contribution in [0.5, 0.6) is 11.5 Å². The van der Waals surface area contributed by atoms with Crippen LogP contribution in [-0.2, 0) is 61.4 Å². The standard InChI is InChI=1S/C50H64Cl4N6O14S2/c1-59(2)43-29-37-39(25-31(51)27-41(37)53)47(43)73-33-5-9-35(10-6-33)75(65,66)57-15-19-71-23-21-69-17-13-55-49(63)45(61)46(62)50(64)56-14-18-70-22-24-72-20-16-58-76(67,68)36-11-7-34(8-12-36)74-48-40-26-32(52)28-42(54)38(40)30-44(48)60(3)4/h5-12,25-28,43-48,57-58,61-62H,13-24,29-30H2,1-4H3,(H,55,63)(H,56,64)/t43-,44-,45+,46+,47-,48-/m0/s1. The first-order valence-corrected chi connectivity index (χ1v) is 28.7. The number of amides is 2. The van der Waals surface area contributed by atoms with Crippen molar-refractivity contribution in [2.75, 3.05) is 107 Å². The van der Waals surface area contributed by atoms with Gasteiger partial charge in [-0.05, 0) is 125 Å². The maximum Gasteiger partial charge on any atom is 0.252 e. The van der Waals surface area contributed by atoms with Gasteiger partial charge in [-0.1, -0.05) is 46.4 Å². The summed E-state index contributed by atoms with van der Waals surface area (Å²) in [5, 5.41) is 27.2. The molecule has 20 nitrogen and oxygen atoms in total. The van der Waals surface area contributed by atoms with Crippen LogP contribution in [0.4, 0.5) is 0 Å². The molecule has 4 aromatic rings. The van der Waals surface area contributed by atoms with Crippen molar-refractivity contribution in [3.05, 3.63) is 115 Å². The zero-order valence-electron chi connectivity index (χ0n) is 42.3. The lowest BCUT2D eigenvalue weighted by atomic mass is 10.1. The minimum Gasteiger partial charge on any atom is -0.484 e. The number of halogens is 4. The predicted molar refractivity (Wildman–Crippen MR) is 287 cm³/mol. The molecule has 0 aliphatic heterocycles. The maximum absolute atomic E-state index is 12.9. The molecule has 2 aliphatic carbocycles. The van der Waals surface area contributed by atoms with E-state index in [4.69, 9.17) is 74.8 Å². The minimum atomic E-state index is -3.85. The molecule has 4 aromatic carbocycles. The lowest BCUT2D eigenvalue weighted by Gasteiger charge is -2.27. The number of rotatable bonds is 31. The normalized spacial score (nSPS) is 18.1. The molecule has 0 spiro atoms. The van der Waals surface area contributed by atoms with E-state index in [0.717, 1.165) is 22.3 Å². The number of aliphatic hydroxyl groups excluding tert-OH is 2. The zero-order valence-corrected chi connectivity index (χ0v) is 47.0. The Hall–Kier alpha value is -3.92. The van der Waals surface area contributed by atoms with E-state index in [1.807, 2.05) is 40.3 Å². The molecule has 2 amide bonds. The molecule has 0 fully saturated rings. The summed E-state index contributed by atoms with van der Waals surface area (Å²) in [5.41, 5.74) is 3.72. The first kappa shape index (κ1) is 61.3. The second-order valence-corrected chi connectivity index (χ2v) is 23.3. The summed E-state index contributed by atoms with van der Waals surface area (Å²) in [6.07, 6.45) is -3.48. The van der Waals surface area contributed by atoms with Crippen LogP contribution in [0.15, 0.2) is 82.6 Å². The second kappa shape index (κ2) is 28.8. The minimum absolute atomic E-state index is 0.00550. The molecule has 6 rings (SSSR count). The quantitative estimate of drug-likeness (QED) is 0.0392. The van der Waals surface area contributed by atoms with E-state index in [-0.39, 0.29) is 113 Å². The molecule has 6 atom stereocenters. The largest absolute Gasteiger partial charge is 0.484 e. The van der Waals surface area contributed by atoms with E-state index in [0.29, 0.717) is 44.4 Å². The highest BCUT2D eigenvalue weighted by Crippen LogP contribution is 2.43. The SMILES string of the molecule is CN(C)[C@H]1Cc2c(Cl)cc(Cl)cc2[C@@H]1Oc1ccc(S(=O)(=O)NCCOCCOCCNC(=O)[C@H](O)[C@@H](O)C(=O)NCCOCCOCCNS(=O)(=O)c2ccc(O[C@H]3c4cc(Cl)cc(Cl)c4C[C@@H]3N(C)C)cc2)cc1. The monoisotopic (exact) mass is 1180 g/mol. The Labute approximate surface area is 463 Å². The maximum atomic E-state index is 12.9. The van der Waals surface area contributed by atoms with Crippen molar-refractivity contribution in [2.24, 2.45) is 0 Å². The fraction of sp³-hybridized carbons (Fsp3) is 0.480. The number of carbonyl (C=O) groups excluding carboxylic acids is 2. The molecular formula is C50H64Cl4N6O14S2. The molecule has 0 aromatic heterocycles. The molecule has 76 heavy (non-hydrogen) atoms. The number of nitrogens with one attached hydrogen (secondary N) is 4. The molecule has 0 unspecified atom stereocenters. The summed E-state index contributed by atoms with van der Waals surface area (Å²) in [5.74, 6) is -1.02. The highest BCUT2D eigenvalue weighted by Gasteiger charge is 2.39. The second-order valence-electron chi connectivity index (χ2n) is 18.1. The Kier molecular flexibility index (Phi) is 23.2. The number of ether oxygens (including phenoxy) is 6. The predicted octanol–water partition coefficient (Wildman–Crippen LogP) is 3.79. The smallest absolute Gasteiger partial charge is 0.252 e. The van der Waals surface area contributed by atoms with Crippen LogP contribution in [0.25, 0.3) is 0 Å². The number of sulfonamides is 2. The van der Waals surface area contributed by atoms with Gasteiger partial charge >= 0.3 is 0 Å². The Bertz CT molecular complexity index is 2610. The van der Waals surface area contributed by atoms with Crippen LogP contribution in [0.3, 0.4) is 0 Å². The third kappa shape index (κ3) is 17.0. The first-order chi connectivity index (χ1) is 36.2. The number of fused-ring (bicyclic) bond motifs is 2. The average molecular weight is 1180 g/mol. The van der Waals surface area contributed by atoms with Gasteiger partial charge in [-0.15, -0.1) is 0 Å². The Morgan fingerprint density at radius 1 is 0.539 bits per heavy atom. The van der Waals surface area contributed by atoms with Gasteiger partial charge in [-0.2, -0.15) is 0 Å². The van der Waals surface area contributed by atoms with Crippen LogP contribution in [-0.4, -0.2) is 180 Å². The Morgan fingerprint density at radius 3 is 1.20 bits per heavy atom. The first-order valence-electron chi connectivity index (χ1n) is 24.2. The van der Waals surface area contributed by atoms with Gasteiger partial charge in [0.25, 0.3) is 11.8 Å². The van der Waals surface area contributed by atoms with Gasteiger partial charge in [0, 0.05) is 57.4 Å². The van der Waals surface area contributed by atoms with Crippen molar-refractivity contribution >= 4 is 78.3 Å². The highest BCUT2D eigenvalue weighted by molar-refractivity contribution is 7.89. The molecule has 6 N–H and O–H groups in total. The summed E-state index contributed by atoms with van der Waals surface area (Å²) < 4.78 is 90.9. The van der Waals surface area contributed by atoms with Gasteiger partial charge in [0.2, 0.25) is 20.0 Å². The number of likely N-dealkylation sites (N-methyl/N-ethyl adjacent to an activating group) is 2. The van der Waals surface area contributed by atoms with Crippen molar-refractivity contribution in [1.29, 1.82) is 0 Å². The summed E-state index contributed by atoms with van der Waals surface area (Å²) in [6.45, 7) is 0.513. The third-order valence-electron chi connectivity index (χ3n) is 12.4. The fourth-order valence-corrected chi connectivity index (χ4v) is 11.6. The van der Waals surface area contributed by atoms with Gasteiger partial charge in [0.1, 0.15) is 23.7 Å². The highest BCUT2D eigenvalue weighted by atomic mass is 35.5. The van der Waals surface area contributed by atoms with Crippen molar-refractivity contribution in [3.63, 3.8) is 0 Å². The van der Waals surface area contributed by atoms with Crippen LogP contribution in [0.1, 0.15) is 34.5 Å². The molecule has 0 heterocycles. The number of benzene rings is 4. The van der Waals surface area contributed by atoms with E-state index >= 15 is 0 Å². The number of aliphatic hydroxyl groups is 2. The molecule has 0 radical (unpaired) electrons. The molecule has 2 aliphatic rings. The Balaban J connectivity index is 0.752. The number of nitrogens with zero attached hydrogens (tertiary/aromatic N) is 2. The average Bonchev–Trinajstić information content (AvgIpc) is 3.93. The van der Waals surface area contributed by atoms with Crippen molar-refractivity contribution < 1.29 is 65.1 Å². The van der Waals surface area contributed by atoms with Crippen molar-refractivity contribution in [1.82, 2.24) is 29.9 Å². The van der Waals surface area contributed by atoms with E-state index in [1.54, 1.807) is 36.4 Å². The summed E-state index contributed by atoms with van der Waals surface area (Å²) >= 11 is 25.5. The van der Waals surface area contributed by atoms with E-state index in [2.05, 4.69) is 29.9 Å². The molecule has 0 bridgehead atoms. The van der Waals surface area contributed by atoms with Gasteiger partial charge < -0.3 is 59.1 Å². The molecule has 418 valence electrons. The lowest BCUT2D eigenvalue weighted by molar-refractivity contribution is -0.146. The molecule has 0 saturated carbocycles. The van der Waals surface area contributed by atoms with Crippen LogP contribution < -0.4 is 29.6 Å². The van der Waals surface area contributed by atoms with Crippen LogP contribution in [0.2, 0.25) is 20.1 Å². The van der Waals surface area contributed by atoms with Gasteiger partial charge in [0.15, 0.2) is 12.2 Å². The van der Waals surface area contributed by atoms with E-state index in [1.165, 1.54) is 24.3 Å². The third-order valence-corrected chi connectivity index (χ3v) is 16.5. The number of hydrogen-bond acceptors (Lipinski definition) is 16. The van der Waals surface area contributed by atoms with Gasteiger partial charge in [-0.3, -0.25) is 9.59 Å². The van der Waals surface area contributed by atoms with Gasteiger partial charge in [-0.25, -0.2) is 26.3 Å². The lowest BCUT2D eigenvalue weighted by Crippen LogP contribution is -2.50. The van der Waals surface area contributed by atoms with E-state index < -0.39 is 44.1 Å². The summed E-state index contributed by atoms with van der Waals surface area (Å²) in [6, 6.07) is 19.3.